The van der Waals surface area contributed by atoms with Crippen LogP contribution in [0.4, 0.5) is 5.82 Å². The van der Waals surface area contributed by atoms with Crippen LogP contribution in [0.2, 0.25) is 0 Å². The van der Waals surface area contributed by atoms with Crippen LogP contribution < -0.4 is 5.32 Å². The molecule has 0 amide bonds. The molecule has 0 radical (unpaired) electrons. The van der Waals surface area contributed by atoms with Gasteiger partial charge in [0.2, 0.25) is 0 Å². The Morgan fingerprint density at radius 1 is 0.955 bits per heavy atom. The molecular weight excluding hydrogens is 290 g/mol. The zero-order valence-corrected chi connectivity index (χ0v) is 14.3. The second kappa shape index (κ2) is 6.15. The van der Waals surface area contributed by atoms with Gasteiger partial charge in [-0.3, -0.25) is 0 Å². The number of nitrogens with one attached hydrogen (secondary N) is 1. The average Bonchev–Trinajstić information content (AvgIpc) is 2.68. The molecule has 0 aromatic carbocycles. The summed E-state index contributed by atoms with van der Waals surface area (Å²) < 4.78 is 0. The minimum Gasteiger partial charge on any atom is -0.367 e. The molecule has 118 valence electrons. The number of aryl methyl sites for hydroxylation is 3. The van der Waals surface area contributed by atoms with Crippen molar-refractivity contribution in [2.45, 2.75) is 77.2 Å². The maximum absolute atomic E-state index is 4.79. The first kappa shape index (κ1) is 14.4. The zero-order chi connectivity index (χ0) is 14.9. The Morgan fingerprint density at radius 2 is 1.73 bits per heavy atom. The lowest BCUT2D eigenvalue weighted by atomic mass is 9.97. The molecule has 1 fully saturated rings. The van der Waals surface area contributed by atoms with E-state index in [9.17, 15) is 0 Å². The van der Waals surface area contributed by atoms with Crippen LogP contribution in [-0.2, 0) is 12.8 Å². The molecule has 4 rings (SSSR count). The summed E-state index contributed by atoms with van der Waals surface area (Å²) in [5.74, 6) is 2.02. The molecule has 0 atom stereocenters. The molecule has 2 aliphatic carbocycles. The molecule has 2 aromatic rings. The number of hydrogen-bond donors (Lipinski definition) is 1. The smallest absolute Gasteiger partial charge is 0.139 e. The van der Waals surface area contributed by atoms with E-state index in [2.05, 4.69) is 5.32 Å². The van der Waals surface area contributed by atoms with Crippen molar-refractivity contribution in [1.29, 1.82) is 0 Å². The Hall–Kier alpha value is -1.16. The second-order valence-electron chi connectivity index (χ2n) is 6.84. The van der Waals surface area contributed by atoms with Gasteiger partial charge in [-0.25, -0.2) is 9.97 Å². The second-order valence-corrected chi connectivity index (χ2v) is 7.93. The van der Waals surface area contributed by atoms with E-state index in [1.54, 1.807) is 10.4 Å². The number of fused-ring (bicyclic) bond motifs is 3. The lowest BCUT2D eigenvalue weighted by Gasteiger charge is -2.19. The van der Waals surface area contributed by atoms with Crippen LogP contribution in [0.5, 0.6) is 0 Å². The van der Waals surface area contributed by atoms with Gasteiger partial charge in [-0.05, 0) is 51.0 Å². The van der Waals surface area contributed by atoms with Crippen molar-refractivity contribution < 1.29 is 0 Å². The number of rotatable bonds is 2. The molecule has 0 bridgehead atoms. The first-order valence-electron chi connectivity index (χ1n) is 8.86. The van der Waals surface area contributed by atoms with Crippen molar-refractivity contribution in [2.75, 3.05) is 5.32 Å². The van der Waals surface area contributed by atoms with E-state index >= 15 is 0 Å². The van der Waals surface area contributed by atoms with Gasteiger partial charge in [0.05, 0.1) is 5.39 Å². The van der Waals surface area contributed by atoms with Gasteiger partial charge >= 0.3 is 0 Å². The Bertz CT molecular complexity index is 669. The largest absolute Gasteiger partial charge is 0.367 e. The minimum atomic E-state index is 0.596. The predicted octanol–water partition coefficient (Wildman–Crippen LogP) is 5.01. The van der Waals surface area contributed by atoms with E-state index in [0.29, 0.717) is 6.04 Å². The van der Waals surface area contributed by atoms with Crippen molar-refractivity contribution in [2.24, 2.45) is 0 Å². The molecule has 22 heavy (non-hydrogen) atoms. The summed E-state index contributed by atoms with van der Waals surface area (Å²) in [5.41, 5.74) is 1.54. The van der Waals surface area contributed by atoms with Gasteiger partial charge in [0.25, 0.3) is 0 Å². The van der Waals surface area contributed by atoms with Crippen LogP contribution >= 0.6 is 11.3 Å². The standard InChI is InChI=1S/C18H25N3S/c1-12-19-17(21-13-8-4-2-3-5-9-13)16-14-10-6-7-11-15(14)22-18(16)20-12/h13H,2-11H2,1H3,(H,19,20,21). The molecule has 1 saturated carbocycles. The van der Waals surface area contributed by atoms with Gasteiger partial charge < -0.3 is 5.32 Å². The molecule has 2 aliphatic rings. The summed E-state index contributed by atoms with van der Waals surface area (Å²) >= 11 is 1.90. The number of hydrogen-bond acceptors (Lipinski definition) is 4. The summed E-state index contributed by atoms with van der Waals surface area (Å²) in [6.07, 6.45) is 13.2. The highest BCUT2D eigenvalue weighted by Gasteiger charge is 2.22. The van der Waals surface area contributed by atoms with Crippen LogP contribution in [-0.4, -0.2) is 16.0 Å². The molecule has 0 unspecified atom stereocenters. The normalized spacial score (nSPS) is 19.9. The molecule has 0 saturated heterocycles. The van der Waals surface area contributed by atoms with Crippen LogP contribution in [0.15, 0.2) is 0 Å². The van der Waals surface area contributed by atoms with Crippen molar-refractivity contribution in [3.05, 3.63) is 16.3 Å². The maximum atomic E-state index is 4.79. The Morgan fingerprint density at radius 3 is 2.55 bits per heavy atom. The lowest BCUT2D eigenvalue weighted by molar-refractivity contribution is 0.618. The van der Waals surface area contributed by atoms with E-state index in [0.717, 1.165) is 11.6 Å². The molecule has 2 heterocycles. The van der Waals surface area contributed by atoms with E-state index < -0.39 is 0 Å². The van der Waals surface area contributed by atoms with E-state index in [1.807, 2.05) is 18.3 Å². The fourth-order valence-electron chi connectivity index (χ4n) is 3.99. The average molecular weight is 315 g/mol. The van der Waals surface area contributed by atoms with E-state index in [1.165, 1.54) is 74.4 Å². The first-order chi connectivity index (χ1) is 10.8. The molecule has 1 N–H and O–H groups in total. The van der Waals surface area contributed by atoms with Crippen LogP contribution in [0.3, 0.4) is 0 Å². The molecule has 0 aliphatic heterocycles. The van der Waals surface area contributed by atoms with Crippen molar-refractivity contribution in [1.82, 2.24) is 9.97 Å². The van der Waals surface area contributed by atoms with Crippen molar-refractivity contribution >= 4 is 27.4 Å². The molecular formula is C18H25N3S. The Kier molecular flexibility index (Phi) is 4.03. The number of thiophene rings is 1. The van der Waals surface area contributed by atoms with Gasteiger partial charge in [0.1, 0.15) is 16.5 Å². The third kappa shape index (κ3) is 2.73. The SMILES string of the molecule is Cc1nc(NC2CCCCCC2)c2c3c(sc2n1)CCCC3. The van der Waals surface area contributed by atoms with Gasteiger partial charge in [0, 0.05) is 10.9 Å². The fourth-order valence-corrected chi connectivity index (χ4v) is 5.29. The topological polar surface area (TPSA) is 37.8 Å². The third-order valence-corrected chi connectivity index (χ3v) is 6.31. The van der Waals surface area contributed by atoms with Crippen LogP contribution in [0.25, 0.3) is 10.2 Å². The summed E-state index contributed by atoms with van der Waals surface area (Å²) in [7, 11) is 0. The zero-order valence-electron chi connectivity index (χ0n) is 13.5. The molecule has 4 heteroatoms. The van der Waals surface area contributed by atoms with Crippen LogP contribution in [0.1, 0.15) is 67.6 Å². The van der Waals surface area contributed by atoms with Crippen molar-refractivity contribution in [3.63, 3.8) is 0 Å². The highest BCUT2D eigenvalue weighted by Crippen LogP contribution is 2.39. The monoisotopic (exact) mass is 315 g/mol. The summed E-state index contributed by atoms with van der Waals surface area (Å²) in [6.45, 7) is 2.02. The predicted molar refractivity (Wildman–Crippen MR) is 93.9 cm³/mol. The van der Waals surface area contributed by atoms with Crippen LogP contribution in [0, 0.1) is 6.92 Å². The third-order valence-electron chi connectivity index (χ3n) is 5.12. The number of anilines is 1. The summed E-state index contributed by atoms with van der Waals surface area (Å²) in [5, 5.41) is 5.14. The fraction of sp³-hybridized carbons (Fsp3) is 0.667. The summed E-state index contributed by atoms with van der Waals surface area (Å²) in [6, 6.07) is 0.596. The summed E-state index contributed by atoms with van der Waals surface area (Å²) in [4.78, 5) is 12.3. The van der Waals surface area contributed by atoms with E-state index in [4.69, 9.17) is 9.97 Å². The molecule has 0 spiro atoms. The van der Waals surface area contributed by atoms with E-state index in [-0.39, 0.29) is 0 Å². The van der Waals surface area contributed by atoms with Gasteiger partial charge in [-0.1, -0.05) is 25.7 Å². The Labute approximate surface area is 136 Å². The highest BCUT2D eigenvalue weighted by molar-refractivity contribution is 7.19. The quantitative estimate of drug-likeness (QED) is 0.791. The number of aromatic nitrogens is 2. The maximum Gasteiger partial charge on any atom is 0.139 e. The van der Waals surface area contributed by atoms with Crippen molar-refractivity contribution in [3.8, 4) is 0 Å². The highest BCUT2D eigenvalue weighted by atomic mass is 32.1. The first-order valence-corrected chi connectivity index (χ1v) is 9.68. The molecule has 3 nitrogen and oxygen atoms in total. The molecule has 2 aromatic heterocycles. The van der Waals surface area contributed by atoms with Gasteiger partial charge in [-0.2, -0.15) is 0 Å². The lowest BCUT2D eigenvalue weighted by Crippen LogP contribution is -2.19. The Balaban J connectivity index is 1.73. The number of nitrogens with zero attached hydrogens (tertiary/aromatic N) is 2. The minimum absolute atomic E-state index is 0.596. The van der Waals surface area contributed by atoms with Gasteiger partial charge in [-0.15, -0.1) is 11.3 Å². The van der Waals surface area contributed by atoms with Gasteiger partial charge in [0.15, 0.2) is 0 Å².